The highest BCUT2D eigenvalue weighted by Gasteiger charge is 2.16. The van der Waals surface area contributed by atoms with Crippen LogP contribution in [-0.4, -0.2) is 46.3 Å². The maximum Gasteiger partial charge on any atom is 0.153 e. The number of hydrogen-bond acceptors (Lipinski definition) is 5. The number of aromatic amines is 1. The van der Waals surface area contributed by atoms with Gasteiger partial charge in [0.1, 0.15) is 0 Å². The summed E-state index contributed by atoms with van der Waals surface area (Å²) in [6.45, 7) is 2.67. The molecule has 4 heterocycles. The minimum atomic E-state index is 0.0533. The Morgan fingerprint density at radius 2 is 2.11 bits per heavy atom. The molecule has 1 unspecified atom stereocenters. The Morgan fingerprint density at radius 3 is 3.00 bits per heavy atom. The first-order chi connectivity index (χ1) is 13.7. The number of aliphatic hydroxyl groups excluding tert-OH is 1. The molecule has 0 aliphatic carbocycles. The third-order valence-electron chi connectivity index (χ3n) is 5.05. The molecule has 0 aliphatic heterocycles. The largest absolute Gasteiger partial charge is 0.394 e. The lowest BCUT2D eigenvalue weighted by atomic mass is 9.97. The second-order valence-electron chi connectivity index (χ2n) is 6.81. The van der Waals surface area contributed by atoms with Gasteiger partial charge in [0.15, 0.2) is 5.65 Å². The van der Waals surface area contributed by atoms with Crippen LogP contribution in [-0.2, 0) is 6.54 Å². The van der Waals surface area contributed by atoms with Gasteiger partial charge < -0.3 is 5.11 Å². The summed E-state index contributed by atoms with van der Waals surface area (Å²) in [5, 5.41) is 26.3. The molecule has 0 fully saturated rings. The van der Waals surface area contributed by atoms with Crippen LogP contribution in [0.25, 0.3) is 27.8 Å². The van der Waals surface area contributed by atoms with E-state index in [1.807, 2.05) is 41.3 Å². The molecule has 0 bridgehead atoms. The lowest BCUT2D eigenvalue weighted by Crippen LogP contribution is -2.04. The standard InChI is InChI=1S/C20H19N7O/c1-13(14-2-3-17-15(8-14)9-22-24-17)19-11-21-20-5-4-18(25-27(19)20)16-10-23-26(12-16)6-7-28/h2-5,8-13,28H,6-7H2,1H3,(H,22,24). The molecule has 1 atom stereocenters. The molecule has 0 saturated carbocycles. The van der Waals surface area contributed by atoms with Crippen molar-refractivity contribution < 1.29 is 5.11 Å². The number of H-pyrrole nitrogens is 1. The summed E-state index contributed by atoms with van der Waals surface area (Å²) in [6.07, 6.45) is 7.43. The number of aliphatic hydroxyl groups is 1. The Morgan fingerprint density at radius 1 is 1.18 bits per heavy atom. The van der Waals surface area contributed by atoms with E-state index < -0.39 is 0 Å². The fourth-order valence-corrected chi connectivity index (χ4v) is 3.46. The van der Waals surface area contributed by atoms with Gasteiger partial charge in [-0.1, -0.05) is 13.0 Å². The fraction of sp³-hybridized carbons (Fsp3) is 0.200. The van der Waals surface area contributed by atoms with Crippen molar-refractivity contribution in [3.05, 3.63) is 66.4 Å². The summed E-state index contributed by atoms with van der Waals surface area (Å²) in [7, 11) is 0. The van der Waals surface area contributed by atoms with E-state index in [1.165, 1.54) is 5.56 Å². The lowest BCUT2D eigenvalue weighted by Gasteiger charge is -2.12. The van der Waals surface area contributed by atoms with Crippen molar-refractivity contribution in [2.75, 3.05) is 6.61 Å². The lowest BCUT2D eigenvalue weighted by molar-refractivity contribution is 0.269. The first-order valence-electron chi connectivity index (χ1n) is 9.15. The van der Waals surface area contributed by atoms with Crippen LogP contribution in [0.3, 0.4) is 0 Å². The van der Waals surface area contributed by atoms with Gasteiger partial charge in [-0.3, -0.25) is 9.78 Å². The highest BCUT2D eigenvalue weighted by Crippen LogP contribution is 2.27. The maximum absolute atomic E-state index is 9.08. The predicted octanol–water partition coefficient (Wildman–Crippen LogP) is 2.61. The molecule has 8 heteroatoms. The molecule has 0 spiro atoms. The normalized spacial score (nSPS) is 12.8. The average Bonchev–Trinajstić information content (AvgIpc) is 3.45. The molecule has 5 aromatic rings. The topological polar surface area (TPSA) is 96.9 Å². The zero-order valence-corrected chi connectivity index (χ0v) is 15.3. The Kier molecular flexibility index (Phi) is 3.91. The second kappa shape index (κ2) is 6.58. The van der Waals surface area contributed by atoms with Crippen LogP contribution in [0, 0.1) is 0 Å². The van der Waals surface area contributed by atoms with Crippen molar-refractivity contribution in [3.63, 3.8) is 0 Å². The van der Waals surface area contributed by atoms with Crippen molar-refractivity contribution in [1.82, 2.24) is 34.6 Å². The van der Waals surface area contributed by atoms with Gasteiger partial charge in [0, 0.05) is 29.3 Å². The Hall–Kier alpha value is -3.52. The van der Waals surface area contributed by atoms with Gasteiger partial charge >= 0.3 is 0 Å². The highest BCUT2D eigenvalue weighted by atomic mass is 16.3. The summed E-state index contributed by atoms with van der Waals surface area (Å²) in [4.78, 5) is 4.52. The van der Waals surface area contributed by atoms with Crippen LogP contribution in [0.2, 0.25) is 0 Å². The molecule has 0 aliphatic rings. The summed E-state index contributed by atoms with van der Waals surface area (Å²) in [6, 6.07) is 10.2. The number of nitrogens with one attached hydrogen (secondary N) is 1. The Bertz CT molecular complexity index is 1270. The number of nitrogens with zero attached hydrogens (tertiary/aromatic N) is 6. The molecule has 140 valence electrons. The predicted molar refractivity (Wildman–Crippen MR) is 105 cm³/mol. The summed E-state index contributed by atoms with van der Waals surface area (Å²) < 4.78 is 3.60. The number of rotatable bonds is 5. The van der Waals surface area contributed by atoms with Crippen LogP contribution in [0.15, 0.2) is 55.1 Å². The van der Waals surface area contributed by atoms with Crippen molar-refractivity contribution in [1.29, 1.82) is 0 Å². The molecule has 5 rings (SSSR count). The number of aromatic nitrogens is 7. The van der Waals surface area contributed by atoms with Crippen molar-refractivity contribution >= 4 is 16.6 Å². The number of hydrogen-bond donors (Lipinski definition) is 2. The molecule has 2 N–H and O–H groups in total. The van der Waals surface area contributed by atoms with Gasteiger partial charge in [-0.25, -0.2) is 9.50 Å². The fourth-order valence-electron chi connectivity index (χ4n) is 3.46. The molecule has 0 saturated heterocycles. The molecular weight excluding hydrogens is 354 g/mol. The van der Waals surface area contributed by atoms with E-state index in [-0.39, 0.29) is 12.5 Å². The average molecular weight is 373 g/mol. The quantitative estimate of drug-likeness (QED) is 0.494. The summed E-state index contributed by atoms with van der Waals surface area (Å²) >= 11 is 0. The van der Waals surface area contributed by atoms with Gasteiger partial charge in [0.2, 0.25) is 0 Å². The molecule has 8 nitrogen and oxygen atoms in total. The second-order valence-corrected chi connectivity index (χ2v) is 6.81. The number of imidazole rings is 1. The molecule has 1 aromatic carbocycles. The van der Waals surface area contributed by atoms with Gasteiger partial charge in [-0.15, -0.1) is 0 Å². The zero-order chi connectivity index (χ0) is 19.1. The van der Waals surface area contributed by atoms with E-state index in [0.29, 0.717) is 6.54 Å². The van der Waals surface area contributed by atoms with Crippen LogP contribution in [0.5, 0.6) is 0 Å². The maximum atomic E-state index is 9.08. The van der Waals surface area contributed by atoms with Crippen LogP contribution < -0.4 is 0 Å². The molecule has 0 amide bonds. The van der Waals surface area contributed by atoms with Gasteiger partial charge in [-0.2, -0.15) is 15.3 Å². The van der Waals surface area contributed by atoms with Crippen LogP contribution >= 0.6 is 0 Å². The number of fused-ring (bicyclic) bond motifs is 2. The van der Waals surface area contributed by atoms with E-state index in [0.717, 1.165) is 33.5 Å². The zero-order valence-electron chi connectivity index (χ0n) is 15.3. The Labute approximate surface area is 160 Å². The molecule has 0 radical (unpaired) electrons. The van der Waals surface area contributed by atoms with E-state index >= 15 is 0 Å². The minimum Gasteiger partial charge on any atom is -0.394 e. The summed E-state index contributed by atoms with van der Waals surface area (Å²) in [5.41, 5.74) is 5.67. The van der Waals surface area contributed by atoms with Gasteiger partial charge in [-0.05, 0) is 29.8 Å². The molecule has 4 aromatic heterocycles. The SMILES string of the molecule is CC(c1ccc2n[nH]cc2c1)c1cnc2ccc(-c3cnn(CCO)c3)nn12. The smallest absolute Gasteiger partial charge is 0.153 e. The Balaban J connectivity index is 1.55. The monoisotopic (exact) mass is 373 g/mol. The van der Waals surface area contributed by atoms with Gasteiger partial charge in [0.05, 0.1) is 42.4 Å². The highest BCUT2D eigenvalue weighted by molar-refractivity contribution is 5.78. The van der Waals surface area contributed by atoms with Crippen molar-refractivity contribution in [3.8, 4) is 11.3 Å². The van der Waals surface area contributed by atoms with E-state index in [1.54, 1.807) is 10.9 Å². The summed E-state index contributed by atoms with van der Waals surface area (Å²) in [5.74, 6) is 0.120. The molecule has 28 heavy (non-hydrogen) atoms. The first-order valence-corrected chi connectivity index (χ1v) is 9.15. The molecular formula is C20H19N7O. The first kappa shape index (κ1) is 16.6. The number of benzene rings is 1. The van der Waals surface area contributed by atoms with Crippen LogP contribution in [0.4, 0.5) is 0 Å². The van der Waals surface area contributed by atoms with Crippen LogP contribution in [0.1, 0.15) is 24.1 Å². The minimum absolute atomic E-state index is 0.0533. The van der Waals surface area contributed by atoms with E-state index in [9.17, 15) is 0 Å². The van der Waals surface area contributed by atoms with E-state index in [4.69, 9.17) is 10.2 Å². The van der Waals surface area contributed by atoms with Crippen molar-refractivity contribution in [2.45, 2.75) is 19.4 Å². The van der Waals surface area contributed by atoms with Crippen molar-refractivity contribution in [2.24, 2.45) is 0 Å². The third kappa shape index (κ3) is 2.74. The van der Waals surface area contributed by atoms with Gasteiger partial charge in [0.25, 0.3) is 0 Å². The third-order valence-corrected chi connectivity index (χ3v) is 5.05. The van der Waals surface area contributed by atoms with E-state index in [2.05, 4.69) is 39.3 Å².